The Hall–Kier alpha value is -6.00. The van der Waals surface area contributed by atoms with Crippen LogP contribution in [0.4, 0.5) is 0 Å². The monoisotopic (exact) mass is 683 g/mol. The highest BCUT2D eigenvalue weighted by Gasteiger charge is 2.44. The summed E-state index contributed by atoms with van der Waals surface area (Å²) >= 11 is 1.90. The minimum atomic E-state index is -2.98. The third kappa shape index (κ3) is 4.52. The third-order valence-electron chi connectivity index (χ3n) is 10.6. The minimum Gasteiger partial charge on any atom is -0.309 e. The molecule has 0 spiro atoms. The fraction of sp³-hybridized carbons (Fsp3) is 0. The molecule has 0 radical (unpaired) electrons. The fourth-order valence-corrected chi connectivity index (χ4v) is 15.0. The second-order valence-electron chi connectivity index (χ2n) is 13.2. The van der Waals surface area contributed by atoms with Crippen LogP contribution in [0.25, 0.3) is 58.8 Å². The van der Waals surface area contributed by atoms with E-state index in [1.54, 1.807) is 0 Å². The summed E-state index contributed by atoms with van der Waals surface area (Å²) in [5.74, 6) is 0. The van der Waals surface area contributed by atoms with Gasteiger partial charge < -0.3 is 4.57 Å². The molecule has 10 aromatic rings. The van der Waals surface area contributed by atoms with Gasteiger partial charge in [0.15, 0.2) is 8.07 Å². The SMILES string of the molecule is c1ccc(-n2c3ccccc3c3c(-c4ccccc4[Si](c4ccccc4)(c4ccccc4)c4cccc5sc6ccccc6c45)cccc32)cc1. The Morgan fingerprint density at radius 2 is 0.882 bits per heavy atom. The van der Waals surface area contributed by atoms with Gasteiger partial charge in [0.2, 0.25) is 0 Å². The third-order valence-corrected chi connectivity index (χ3v) is 16.6. The van der Waals surface area contributed by atoms with Crippen LogP contribution in [0.1, 0.15) is 0 Å². The first-order valence-corrected chi connectivity index (χ1v) is 20.3. The van der Waals surface area contributed by atoms with Crippen LogP contribution in [0.2, 0.25) is 0 Å². The zero-order valence-corrected chi connectivity index (χ0v) is 29.7. The largest absolute Gasteiger partial charge is 0.309 e. The van der Waals surface area contributed by atoms with Crippen molar-refractivity contribution in [1.29, 1.82) is 0 Å². The molecule has 0 fully saturated rings. The van der Waals surface area contributed by atoms with Gasteiger partial charge in [-0.15, -0.1) is 11.3 Å². The van der Waals surface area contributed by atoms with Crippen molar-refractivity contribution in [2.24, 2.45) is 0 Å². The molecule has 2 heterocycles. The van der Waals surface area contributed by atoms with Gasteiger partial charge in [0, 0.05) is 36.6 Å². The molecule has 51 heavy (non-hydrogen) atoms. The maximum absolute atomic E-state index is 2.98. The topological polar surface area (TPSA) is 4.93 Å². The van der Waals surface area contributed by atoms with Gasteiger partial charge >= 0.3 is 0 Å². The van der Waals surface area contributed by atoms with Crippen LogP contribution in [0, 0.1) is 0 Å². The molecule has 2 aromatic heterocycles. The highest BCUT2D eigenvalue weighted by atomic mass is 32.1. The van der Waals surface area contributed by atoms with Crippen LogP contribution >= 0.6 is 11.3 Å². The lowest BCUT2D eigenvalue weighted by molar-refractivity contribution is 1.18. The van der Waals surface area contributed by atoms with E-state index in [0.717, 1.165) is 0 Å². The van der Waals surface area contributed by atoms with E-state index < -0.39 is 8.07 Å². The first-order chi connectivity index (χ1) is 25.3. The molecule has 1 nitrogen and oxygen atoms in total. The molecule has 0 aliphatic rings. The van der Waals surface area contributed by atoms with E-state index in [1.165, 1.54) is 79.5 Å². The average Bonchev–Trinajstić information content (AvgIpc) is 3.76. The van der Waals surface area contributed by atoms with Crippen molar-refractivity contribution in [2.45, 2.75) is 0 Å². The minimum absolute atomic E-state index is 1.17. The molecule has 240 valence electrons. The maximum atomic E-state index is 2.44. The Kier molecular flexibility index (Phi) is 7.09. The lowest BCUT2D eigenvalue weighted by Gasteiger charge is -2.36. The Morgan fingerprint density at radius 3 is 1.65 bits per heavy atom. The van der Waals surface area contributed by atoms with Gasteiger partial charge in [-0.25, -0.2) is 0 Å². The zero-order valence-electron chi connectivity index (χ0n) is 27.9. The standard InChI is InChI=1S/C48H33NSSi/c1-4-18-34(19-5-1)49-41-28-13-10-25-39(41)47-38(27-16-29-42(47)49)37-24-12-15-32-45(37)51(35-20-6-2-7-21-35,36-22-8-3-9-23-36)46-33-17-31-44-48(46)40-26-11-14-30-43(40)50-44/h1-33H. The van der Waals surface area contributed by atoms with Gasteiger partial charge in [-0.05, 0) is 68.3 Å². The van der Waals surface area contributed by atoms with Crippen LogP contribution in [-0.4, -0.2) is 12.6 Å². The number of para-hydroxylation sites is 2. The van der Waals surface area contributed by atoms with E-state index >= 15 is 0 Å². The zero-order chi connectivity index (χ0) is 33.8. The summed E-state index contributed by atoms with van der Waals surface area (Å²) in [6.07, 6.45) is 0. The van der Waals surface area contributed by atoms with Crippen molar-refractivity contribution in [1.82, 2.24) is 4.57 Å². The van der Waals surface area contributed by atoms with Crippen LogP contribution in [0.3, 0.4) is 0 Å². The molecular weight excluding hydrogens is 651 g/mol. The number of nitrogens with zero attached hydrogens (tertiary/aromatic N) is 1. The first kappa shape index (κ1) is 29.9. The van der Waals surface area contributed by atoms with Gasteiger partial charge in [-0.2, -0.15) is 0 Å². The average molecular weight is 684 g/mol. The molecule has 0 saturated carbocycles. The van der Waals surface area contributed by atoms with Crippen LogP contribution in [0.15, 0.2) is 200 Å². The van der Waals surface area contributed by atoms with Crippen molar-refractivity contribution < 1.29 is 0 Å². The molecule has 0 amide bonds. The summed E-state index contributed by atoms with van der Waals surface area (Å²) in [6, 6.07) is 74.5. The van der Waals surface area contributed by atoms with Gasteiger partial charge in [0.1, 0.15) is 0 Å². The van der Waals surface area contributed by atoms with E-state index in [1.807, 2.05) is 11.3 Å². The molecule has 0 aliphatic carbocycles. The molecule has 0 atom stereocenters. The summed E-state index contributed by atoms with van der Waals surface area (Å²) in [4.78, 5) is 0. The van der Waals surface area contributed by atoms with Crippen molar-refractivity contribution in [3.63, 3.8) is 0 Å². The Labute approximate surface area is 302 Å². The van der Waals surface area contributed by atoms with E-state index in [-0.39, 0.29) is 0 Å². The molecule has 0 aliphatic heterocycles. The quantitative estimate of drug-likeness (QED) is 0.121. The number of thiophene rings is 1. The second kappa shape index (κ2) is 12.1. The van der Waals surface area contributed by atoms with Crippen LogP contribution in [0.5, 0.6) is 0 Å². The van der Waals surface area contributed by atoms with Crippen molar-refractivity contribution >= 4 is 82.1 Å². The number of hydrogen-bond acceptors (Lipinski definition) is 1. The molecule has 0 N–H and O–H groups in total. The van der Waals surface area contributed by atoms with Crippen molar-refractivity contribution in [3.05, 3.63) is 200 Å². The summed E-state index contributed by atoms with van der Waals surface area (Å²) < 4.78 is 5.09. The fourth-order valence-electron chi connectivity index (χ4n) is 8.54. The Morgan fingerprint density at radius 1 is 0.353 bits per heavy atom. The number of hydrogen-bond donors (Lipinski definition) is 0. The predicted octanol–water partition coefficient (Wildman–Crippen LogP) is 10.2. The second-order valence-corrected chi connectivity index (χ2v) is 18.0. The van der Waals surface area contributed by atoms with Gasteiger partial charge in [-0.1, -0.05) is 164 Å². The highest BCUT2D eigenvalue weighted by Crippen LogP contribution is 2.39. The molecule has 0 saturated heterocycles. The molecule has 10 rings (SSSR count). The highest BCUT2D eigenvalue weighted by molar-refractivity contribution is 7.27. The maximum Gasteiger partial charge on any atom is 0.180 e. The summed E-state index contributed by atoms with van der Waals surface area (Å²) in [5.41, 5.74) is 6.15. The molecule has 0 bridgehead atoms. The smallest absolute Gasteiger partial charge is 0.180 e. The molecule has 0 unspecified atom stereocenters. The molecule has 8 aromatic carbocycles. The van der Waals surface area contributed by atoms with Gasteiger partial charge in [0.05, 0.1) is 11.0 Å². The normalized spacial score (nSPS) is 11.9. The van der Waals surface area contributed by atoms with E-state index in [4.69, 9.17) is 0 Å². The van der Waals surface area contributed by atoms with Gasteiger partial charge in [-0.3, -0.25) is 0 Å². The molecular formula is C48H33NSSi. The predicted molar refractivity (Wildman–Crippen MR) is 223 cm³/mol. The Bertz CT molecular complexity index is 2810. The number of benzene rings is 8. The number of rotatable bonds is 6. The first-order valence-electron chi connectivity index (χ1n) is 17.5. The molecule has 3 heteroatoms. The van der Waals surface area contributed by atoms with E-state index in [2.05, 4.69) is 205 Å². The van der Waals surface area contributed by atoms with Gasteiger partial charge in [0.25, 0.3) is 0 Å². The number of aromatic nitrogens is 1. The van der Waals surface area contributed by atoms with Crippen molar-refractivity contribution in [2.75, 3.05) is 0 Å². The summed E-state index contributed by atoms with van der Waals surface area (Å²) in [7, 11) is -2.98. The number of fused-ring (bicyclic) bond motifs is 6. The van der Waals surface area contributed by atoms with E-state index in [9.17, 15) is 0 Å². The van der Waals surface area contributed by atoms with Crippen LogP contribution in [-0.2, 0) is 0 Å². The van der Waals surface area contributed by atoms with Crippen LogP contribution < -0.4 is 20.7 Å². The van der Waals surface area contributed by atoms with E-state index in [0.29, 0.717) is 0 Å². The lowest BCUT2D eigenvalue weighted by Crippen LogP contribution is -2.75. The van der Waals surface area contributed by atoms with Crippen molar-refractivity contribution in [3.8, 4) is 16.8 Å². The Balaban J connectivity index is 1.38. The lowest BCUT2D eigenvalue weighted by atomic mass is 9.99. The summed E-state index contributed by atoms with van der Waals surface area (Å²) in [5, 5.41) is 10.9. The summed E-state index contributed by atoms with van der Waals surface area (Å²) in [6.45, 7) is 0.